The summed E-state index contributed by atoms with van der Waals surface area (Å²) < 4.78 is 28.2. The van der Waals surface area contributed by atoms with Gasteiger partial charge < -0.3 is 10.1 Å². The summed E-state index contributed by atoms with van der Waals surface area (Å²) in [5.74, 6) is -0.502. The highest BCUT2D eigenvalue weighted by atomic mass is 35.7. The summed E-state index contributed by atoms with van der Waals surface area (Å²) in [5, 5.41) is 8.73. The van der Waals surface area contributed by atoms with E-state index in [0.717, 1.165) is 0 Å². The van der Waals surface area contributed by atoms with Gasteiger partial charge in [0, 0.05) is 16.9 Å². The lowest BCUT2D eigenvalue weighted by Gasteiger charge is -2.13. The van der Waals surface area contributed by atoms with Crippen molar-refractivity contribution in [2.24, 2.45) is 0 Å². The van der Waals surface area contributed by atoms with Gasteiger partial charge in [0.1, 0.15) is 10.6 Å². The number of rotatable bonds is 4. The number of carbonyl (C=O) groups is 1. The van der Waals surface area contributed by atoms with Gasteiger partial charge in [0.25, 0.3) is 15.0 Å². The fraction of sp³-hybridized carbons (Fsp3) is 0.167. The second kappa shape index (κ2) is 5.74. The molecule has 0 radical (unpaired) electrons. The average molecular weight is 330 g/mol. The first kappa shape index (κ1) is 15.3. The number of aromatic amines is 1. The standard InChI is InChI=1S/C12H12ClN3O4S/c1-7-5-9(15-12(17)8-3-4-14-16-8)11(20-2)10(6-7)21(13,18)19/h3-6H,1-2H3,(H,14,16)(H,15,17). The van der Waals surface area contributed by atoms with Crippen molar-refractivity contribution in [2.75, 3.05) is 12.4 Å². The predicted molar refractivity (Wildman–Crippen MR) is 77.3 cm³/mol. The highest BCUT2D eigenvalue weighted by Crippen LogP contribution is 2.35. The van der Waals surface area contributed by atoms with Crippen LogP contribution in [0, 0.1) is 6.92 Å². The molecule has 112 valence electrons. The van der Waals surface area contributed by atoms with E-state index in [-0.39, 0.29) is 22.0 Å². The van der Waals surface area contributed by atoms with Gasteiger partial charge in [-0.3, -0.25) is 9.89 Å². The van der Waals surface area contributed by atoms with Crippen LogP contribution in [-0.4, -0.2) is 31.6 Å². The van der Waals surface area contributed by atoms with Crippen LogP contribution in [0.2, 0.25) is 0 Å². The molecule has 0 aliphatic heterocycles. The third-order valence-corrected chi connectivity index (χ3v) is 3.99. The number of H-pyrrole nitrogens is 1. The number of aryl methyl sites for hydroxylation is 1. The third kappa shape index (κ3) is 3.34. The molecule has 21 heavy (non-hydrogen) atoms. The fourth-order valence-corrected chi connectivity index (χ4v) is 2.88. The molecule has 0 saturated heterocycles. The van der Waals surface area contributed by atoms with Crippen molar-refractivity contribution in [3.8, 4) is 5.75 Å². The number of benzene rings is 1. The summed E-state index contributed by atoms with van der Waals surface area (Å²) in [6.07, 6.45) is 1.43. The van der Waals surface area contributed by atoms with Gasteiger partial charge in [0.05, 0.1) is 12.8 Å². The minimum atomic E-state index is -4.00. The first-order valence-corrected chi connectivity index (χ1v) is 8.08. The normalized spacial score (nSPS) is 11.2. The van der Waals surface area contributed by atoms with Gasteiger partial charge >= 0.3 is 0 Å². The van der Waals surface area contributed by atoms with Crippen LogP contribution in [0.25, 0.3) is 0 Å². The van der Waals surface area contributed by atoms with E-state index in [0.29, 0.717) is 5.56 Å². The number of hydrogen-bond donors (Lipinski definition) is 2. The molecule has 1 aromatic heterocycles. The molecule has 1 amide bonds. The van der Waals surface area contributed by atoms with Crippen molar-refractivity contribution in [1.82, 2.24) is 10.2 Å². The minimum Gasteiger partial charge on any atom is -0.493 e. The molecule has 2 aromatic rings. The van der Waals surface area contributed by atoms with Gasteiger partial charge in [-0.05, 0) is 30.7 Å². The molecule has 0 bridgehead atoms. The van der Waals surface area contributed by atoms with E-state index in [1.165, 1.54) is 25.4 Å². The monoisotopic (exact) mass is 329 g/mol. The lowest BCUT2D eigenvalue weighted by Crippen LogP contribution is -2.14. The molecule has 7 nitrogen and oxygen atoms in total. The molecule has 2 N–H and O–H groups in total. The summed E-state index contributed by atoms with van der Waals surface area (Å²) in [4.78, 5) is 11.8. The Labute approximate surface area is 125 Å². The van der Waals surface area contributed by atoms with E-state index in [4.69, 9.17) is 15.4 Å². The summed E-state index contributed by atoms with van der Waals surface area (Å²) in [6, 6.07) is 4.43. The van der Waals surface area contributed by atoms with E-state index in [1.807, 2.05) is 0 Å². The van der Waals surface area contributed by atoms with Crippen LogP contribution in [0.3, 0.4) is 0 Å². The molecule has 0 fully saturated rings. The smallest absolute Gasteiger partial charge is 0.273 e. The molecule has 1 heterocycles. The van der Waals surface area contributed by atoms with E-state index in [9.17, 15) is 13.2 Å². The maximum atomic E-state index is 12.0. The van der Waals surface area contributed by atoms with Crippen LogP contribution >= 0.6 is 10.7 Å². The highest BCUT2D eigenvalue weighted by Gasteiger charge is 2.22. The Bertz CT molecular complexity index is 772. The van der Waals surface area contributed by atoms with E-state index >= 15 is 0 Å². The van der Waals surface area contributed by atoms with Crippen LogP contribution in [0.15, 0.2) is 29.3 Å². The summed E-state index contributed by atoms with van der Waals surface area (Å²) in [6.45, 7) is 1.68. The number of aromatic nitrogens is 2. The van der Waals surface area contributed by atoms with Crippen LogP contribution in [0.1, 0.15) is 16.1 Å². The first-order chi connectivity index (χ1) is 9.82. The molecule has 0 saturated carbocycles. The van der Waals surface area contributed by atoms with Crippen molar-refractivity contribution >= 4 is 31.3 Å². The van der Waals surface area contributed by atoms with Crippen LogP contribution in [-0.2, 0) is 9.05 Å². The lowest BCUT2D eigenvalue weighted by atomic mass is 10.2. The molecule has 1 aromatic carbocycles. The van der Waals surface area contributed by atoms with Gasteiger partial charge in [0.2, 0.25) is 0 Å². The minimum absolute atomic E-state index is 0.0246. The number of nitrogens with one attached hydrogen (secondary N) is 2. The molecule has 0 aliphatic rings. The van der Waals surface area contributed by atoms with E-state index in [2.05, 4.69) is 15.5 Å². The van der Waals surface area contributed by atoms with Gasteiger partial charge in [-0.1, -0.05) is 0 Å². The third-order valence-electron chi connectivity index (χ3n) is 2.66. The average Bonchev–Trinajstić information content (AvgIpc) is 2.91. The highest BCUT2D eigenvalue weighted by molar-refractivity contribution is 8.13. The Kier molecular flexibility index (Phi) is 4.19. The molecule has 2 rings (SSSR count). The van der Waals surface area contributed by atoms with Crippen molar-refractivity contribution < 1.29 is 17.9 Å². The summed E-state index contributed by atoms with van der Waals surface area (Å²) in [5.41, 5.74) is 1.04. The van der Waals surface area contributed by atoms with Crippen LogP contribution < -0.4 is 10.1 Å². The maximum absolute atomic E-state index is 12.0. The molecule has 0 atom stereocenters. The van der Waals surface area contributed by atoms with Crippen molar-refractivity contribution in [2.45, 2.75) is 11.8 Å². The Morgan fingerprint density at radius 3 is 2.67 bits per heavy atom. The van der Waals surface area contributed by atoms with E-state index in [1.54, 1.807) is 13.0 Å². The van der Waals surface area contributed by atoms with Gasteiger partial charge in [-0.15, -0.1) is 0 Å². The van der Waals surface area contributed by atoms with Gasteiger partial charge in [-0.2, -0.15) is 5.10 Å². The Hall–Kier alpha value is -2.06. The Morgan fingerprint density at radius 2 is 2.14 bits per heavy atom. The lowest BCUT2D eigenvalue weighted by molar-refractivity contribution is 0.102. The topological polar surface area (TPSA) is 101 Å². The second-order valence-corrected chi connectivity index (χ2v) is 6.74. The quantitative estimate of drug-likeness (QED) is 0.834. The fourth-order valence-electron chi connectivity index (χ4n) is 1.80. The number of halogens is 1. The summed E-state index contributed by atoms with van der Waals surface area (Å²) >= 11 is 0. The zero-order valence-electron chi connectivity index (χ0n) is 11.2. The largest absolute Gasteiger partial charge is 0.493 e. The second-order valence-electron chi connectivity index (χ2n) is 4.21. The SMILES string of the molecule is COc1c(NC(=O)c2ccn[nH]2)cc(C)cc1S(=O)(=O)Cl. The zero-order valence-corrected chi connectivity index (χ0v) is 12.7. The van der Waals surface area contributed by atoms with Crippen LogP contribution in [0.5, 0.6) is 5.75 Å². The predicted octanol–water partition coefficient (Wildman–Crippen LogP) is 1.91. The molecule has 0 spiro atoms. The zero-order chi connectivity index (χ0) is 15.6. The summed E-state index contributed by atoms with van der Waals surface area (Å²) in [7, 11) is 2.68. The molecule has 0 unspecified atom stereocenters. The van der Waals surface area contributed by atoms with Crippen molar-refractivity contribution in [1.29, 1.82) is 0 Å². The number of hydrogen-bond acceptors (Lipinski definition) is 5. The molecule has 9 heteroatoms. The van der Waals surface area contributed by atoms with Gasteiger partial charge in [-0.25, -0.2) is 8.42 Å². The molecular weight excluding hydrogens is 318 g/mol. The number of methoxy groups -OCH3 is 1. The van der Waals surface area contributed by atoms with Crippen LogP contribution in [0.4, 0.5) is 5.69 Å². The molecule has 0 aliphatic carbocycles. The van der Waals surface area contributed by atoms with Crippen molar-refractivity contribution in [3.63, 3.8) is 0 Å². The Morgan fingerprint density at radius 1 is 1.43 bits per heavy atom. The van der Waals surface area contributed by atoms with Gasteiger partial charge in [0.15, 0.2) is 5.75 Å². The van der Waals surface area contributed by atoms with Crippen molar-refractivity contribution in [3.05, 3.63) is 35.7 Å². The number of anilines is 1. The number of nitrogens with zero attached hydrogens (tertiary/aromatic N) is 1. The number of amides is 1. The maximum Gasteiger partial charge on any atom is 0.273 e. The Balaban J connectivity index is 2.49. The first-order valence-electron chi connectivity index (χ1n) is 5.77. The molecular formula is C12H12ClN3O4S. The van der Waals surface area contributed by atoms with E-state index < -0.39 is 15.0 Å². The number of ether oxygens (including phenoxy) is 1. The number of carbonyl (C=O) groups excluding carboxylic acids is 1.